The third-order valence-corrected chi connectivity index (χ3v) is 8.65. The molecule has 0 bridgehead atoms. The number of fused-ring (bicyclic) bond motifs is 1. The molecular formula is C32H31N3O5S. The predicted molar refractivity (Wildman–Crippen MR) is 157 cm³/mol. The smallest absolute Gasteiger partial charge is 0.263 e. The first-order valence-corrected chi connectivity index (χ1v) is 14.7. The Hall–Kier alpha value is -4.47. The van der Waals surface area contributed by atoms with Crippen molar-refractivity contribution in [3.8, 4) is 5.75 Å². The normalized spacial score (nSPS) is 14.7. The Kier molecular flexibility index (Phi) is 8.47. The van der Waals surface area contributed by atoms with E-state index >= 15 is 0 Å². The molecule has 8 nitrogen and oxygen atoms in total. The van der Waals surface area contributed by atoms with E-state index in [0.717, 1.165) is 16.7 Å². The average molecular weight is 570 g/mol. The molecule has 2 amide bonds. The van der Waals surface area contributed by atoms with Gasteiger partial charge in [-0.1, -0.05) is 90.5 Å². The van der Waals surface area contributed by atoms with E-state index in [9.17, 15) is 18.0 Å². The molecule has 1 aliphatic rings. The lowest BCUT2D eigenvalue weighted by atomic mass is 10.1. The molecule has 9 heteroatoms. The largest absolute Gasteiger partial charge is 0.477 e. The van der Waals surface area contributed by atoms with Crippen molar-refractivity contribution in [2.24, 2.45) is 0 Å². The summed E-state index contributed by atoms with van der Waals surface area (Å²) in [5.41, 5.74) is 3.09. The van der Waals surface area contributed by atoms with Gasteiger partial charge in [0.2, 0.25) is 15.9 Å². The van der Waals surface area contributed by atoms with Crippen molar-refractivity contribution in [3.63, 3.8) is 0 Å². The van der Waals surface area contributed by atoms with Gasteiger partial charge in [0.15, 0.2) is 6.10 Å². The maximum Gasteiger partial charge on any atom is 0.263 e. The summed E-state index contributed by atoms with van der Waals surface area (Å²) in [6.07, 6.45) is -0.964. The van der Waals surface area contributed by atoms with Gasteiger partial charge in [-0.2, -0.15) is 4.31 Å². The number of hydrogen-bond donors (Lipinski definition) is 1. The fraction of sp³-hybridized carbons (Fsp3) is 0.188. The summed E-state index contributed by atoms with van der Waals surface area (Å²) in [6, 6.07) is 32.1. The van der Waals surface area contributed by atoms with Gasteiger partial charge in [0, 0.05) is 13.1 Å². The fourth-order valence-electron chi connectivity index (χ4n) is 4.61. The molecule has 1 unspecified atom stereocenters. The highest BCUT2D eigenvalue weighted by Gasteiger charge is 2.36. The molecule has 41 heavy (non-hydrogen) atoms. The molecule has 1 atom stereocenters. The molecule has 1 aliphatic heterocycles. The van der Waals surface area contributed by atoms with Crippen LogP contribution in [0.3, 0.4) is 0 Å². The van der Waals surface area contributed by atoms with Crippen LogP contribution in [0.15, 0.2) is 114 Å². The van der Waals surface area contributed by atoms with E-state index in [1.54, 1.807) is 48.5 Å². The number of amides is 2. The summed E-state index contributed by atoms with van der Waals surface area (Å²) in [6.45, 7) is 1.73. The van der Waals surface area contributed by atoms with Crippen LogP contribution in [0.25, 0.3) is 0 Å². The van der Waals surface area contributed by atoms with Crippen molar-refractivity contribution in [1.29, 1.82) is 0 Å². The Bertz CT molecular complexity index is 1610. The van der Waals surface area contributed by atoms with Crippen molar-refractivity contribution in [2.75, 3.05) is 18.0 Å². The van der Waals surface area contributed by atoms with E-state index in [4.69, 9.17) is 4.74 Å². The Labute approximate surface area is 240 Å². The summed E-state index contributed by atoms with van der Waals surface area (Å²) in [5, 5.41) is 2.87. The van der Waals surface area contributed by atoms with Crippen LogP contribution in [0.5, 0.6) is 5.75 Å². The second kappa shape index (κ2) is 12.4. The second-order valence-corrected chi connectivity index (χ2v) is 11.8. The van der Waals surface area contributed by atoms with Gasteiger partial charge < -0.3 is 15.0 Å². The van der Waals surface area contributed by atoms with Gasteiger partial charge in [0.1, 0.15) is 5.75 Å². The summed E-state index contributed by atoms with van der Waals surface area (Å²) < 4.78 is 34.7. The first-order chi connectivity index (χ1) is 19.8. The number of carbonyl (C=O) groups excluding carboxylic acids is 2. The van der Waals surface area contributed by atoms with Gasteiger partial charge in [-0.25, -0.2) is 8.42 Å². The van der Waals surface area contributed by atoms with Gasteiger partial charge in [0.05, 0.1) is 23.7 Å². The molecule has 1 heterocycles. The minimum Gasteiger partial charge on any atom is -0.477 e. The number of ether oxygens (including phenoxy) is 1. The molecule has 0 saturated carbocycles. The van der Waals surface area contributed by atoms with Crippen LogP contribution in [0.4, 0.5) is 5.69 Å². The van der Waals surface area contributed by atoms with Crippen molar-refractivity contribution in [3.05, 3.63) is 126 Å². The molecule has 0 fully saturated rings. The van der Waals surface area contributed by atoms with Crippen LogP contribution in [0.2, 0.25) is 0 Å². The van der Waals surface area contributed by atoms with Crippen LogP contribution in [-0.4, -0.2) is 43.7 Å². The number of rotatable bonds is 9. The second-order valence-electron chi connectivity index (χ2n) is 9.85. The summed E-state index contributed by atoms with van der Waals surface area (Å²) >= 11 is 0. The highest BCUT2D eigenvalue weighted by Crippen LogP contribution is 2.33. The molecule has 4 aromatic carbocycles. The lowest BCUT2D eigenvalue weighted by Crippen LogP contribution is -2.52. The number of nitrogens with zero attached hydrogens (tertiary/aromatic N) is 2. The highest BCUT2D eigenvalue weighted by atomic mass is 32.2. The number of aryl methyl sites for hydroxylation is 1. The molecule has 0 aliphatic carbocycles. The van der Waals surface area contributed by atoms with Crippen molar-refractivity contribution in [1.82, 2.24) is 9.62 Å². The molecule has 0 aromatic heterocycles. The van der Waals surface area contributed by atoms with E-state index in [1.165, 1.54) is 9.21 Å². The highest BCUT2D eigenvalue weighted by molar-refractivity contribution is 7.89. The third kappa shape index (κ3) is 6.65. The van der Waals surface area contributed by atoms with E-state index < -0.39 is 28.6 Å². The number of para-hydroxylation sites is 2. The van der Waals surface area contributed by atoms with Crippen LogP contribution in [0.1, 0.15) is 16.7 Å². The first-order valence-electron chi connectivity index (χ1n) is 13.3. The van der Waals surface area contributed by atoms with Gasteiger partial charge in [-0.3, -0.25) is 9.59 Å². The zero-order valence-electron chi connectivity index (χ0n) is 22.6. The van der Waals surface area contributed by atoms with Crippen LogP contribution >= 0.6 is 0 Å². The van der Waals surface area contributed by atoms with Crippen molar-refractivity contribution < 1.29 is 22.7 Å². The number of anilines is 1. The Morgan fingerprint density at radius 2 is 1.46 bits per heavy atom. The molecule has 210 valence electrons. The predicted octanol–water partition coefficient (Wildman–Crippen LogP) is 4.30. The van der Waals surface area contributed by atoms with Crippen LogP contribution in [-0.2, 0) is 32.7 Å². The fourth-order valence-corrected chi connectivity index (χ4v) is 5.99. The maximum absolute atomic E-state index is 13.9. The zero-order chi connectivity index (χ0) is 28.8. The Morgan fingerprint density at radius 3 is 2.15 bits per heavy atom. The topological polar surface area (TPSA) is 96.0 Å². The third-order valence-electron chi connectivity index (χ3n) is 6.85. The molecule has 0 saturated heterocycles. The molecule has 4 aromatic rings. The van der Waals surface area contributed by atoms with Gasteiger partial charge in [0.25, 0.3) is 5.91 Å². The maximum atomic E-state index is 13.9. The average Bonchev–Trinajstić information content (AvgIpc) is 3.00. The number of hydrogen-bond acceptors (Lipinski definition) is 5. The van der Waals surface area contributed by atoms with E-state index in [0.29, 0.717) is 18.0 Å². The Balaban J connectivity index is 1.40. The van der Waals surface area contributed by atoms with E-state index in [1.807, 2.05) is 67.6 Å². The monoisotopic (exact) mass is 569 g/mol. The standard InChI is InChI=1S/C32H31N3O5S/c1-24-16-18-27(19-17-24)41(38,39)34(21-26-12-6-3-7-13-26)23-31(36)35-22-30(40-29-15-9-8-14-28(29)35)32(37)33-20-25-10-4-2-5-11-25/h2-19,30H,20-23H2,1H3,(H,33,37). The Morgan fingerprint density at radius 1 is 0.854 bits per heavy atom. The molecule has 5 rings (SSSR count). The van der Waals surface area contributed by atoms with Crippen molar-refractivity contribution in [2.45, 2.75) is 31.0 Å². The van der Waals surface area contributed by atoms with Gasteiger partial charge >= 0.3 is 0 Å². The van der Waals surface area contributed by atoms with Crippen LogP contribution in [0, 0.1) is 6.92 Å². The van der Waals surface area contributed by atoms with E-state index in [-0.39, 0.29) is 23.9 Å². The molecular weight excluding hydrogens is 538 g/mol. The van der Waals surface area contributed by atoms with Crippen molar-refractivity contribution >= 4 is 27.5 Å². The molecule has 0 radical (unpaired) electrons. The summed E-state index contributed by atoms with van der Waals surface area (Å²) in [4.78, 5) is 28.5. The first kappa shape index (κ1) is 28.1. The van der Waals surface area contributed by atoms with Gasteiger partial charge in [-0.15, -0.1) is 0 Å². The number of nitrogens with one attached hydrogen (secondary N) is 1. The summed E-state index contributed by atoms with van der Waals surface area (Å²) in [5.74, 6) is -0.453. The number of sulfonamides is 1. The zero-order valence-corrected chi connectivity index (χ0v) is 23.5. The lowest BCUT2D eigenvalue weighted by Gasteiger charge is -2.35. The minimum absolute atomic E-state index is 0.00969. The number of carbonyl (C=O) groups is 2. The quantitative estimate of drug-likeness (QED) is 0.324. The van der Waals surface area contributed by atoms with E-state index in [2.05, 4.69) is 5.32 Å². The van der Waals surface area contributed by atoms with Gasteiger partial charge in [-0.05, 0) is 42.3 Å². The lowest BCUT2D eigenvalue weighted by molar-refractivity contribution is -0.128. The molecule has 1 N–H and O–H groups in total. The molecule has 0 spiro atoms. The summed E-state index contributed by atoms with van der Waals surface area (Å²) in [7, 11) is -4.02. The number of benzene rings is 4. The SMILES string of the molecule is Cc1ccc(S(=O)(=O)N(CC(=O)N2CC(C(=O)NCc3ccccc3)Oc3ccccc32)Cc2ccccc2)cc1. The minimum atomic E-state index is -4.02. The van der Waals surface area contributed by atoms with Crippen LogP contribution < -0.4 is 15.0 Å².